The van der Waals surface area contributed by atoms with Gasteiger partial charge in [0.15, 0.2) is 11.6 Å². The average molecular weight is 360 g/mol. The summed E-state index contributed by atoms with van der Waals surface area (Å²) in [5, 5.41) is 0. The standard InChI is InChI=1S/C20H22F2N2O2/c21-17-7-6-16(12-18(17)22)26-19(15-4-2-1-3-5-15)20(25)24-10-8-14(13-23)9-11-24/h1-7,12,14,19H,8-11,13,23H2. The van der Waals surface area contributed by atoms with Crippen molar-refractivity contribution in [2.75, 3.05) is 19.6 Å². The summed E-state index contributed by atoms with van der Waals surface area (Å²) in [5.74, 6) is -1.60. The zero-order chi connectivity index (χ0) is 18.5. The number of halogens is 2. The van der Waals surface area contributed by atoms with E-state index >= 15 is 0 Å². The van der Waals surface area contributed by atoms with Crippen LogP contribution in [0.25, 0.3) is 0 Å². The van der Waals surface area contributed by atoms with Gasteiger partial charge in [-0.2, -0.15) is 0 Å². The molecule has 1 unspecified atom stereocenters. The van der Waals surface area contributed by atoms with Crippen LogP contribution in [0.5, 0.6) is 5.75 Å². The van der Waals surface area contributed by atoms with Gasteiger partial charge in [0.05, 0.1) is 0 Å². The maximum Gasteiger partial charge on any atom is 0.268 e. The highest BCUT2D eigenvalue weighted by molar-refractivity contribution is 5.82. The van der Waals surface area contributed by atoms with Crippen LogP contribution in [-0.4, -0.2) is 30.4 Å². The minimum Gasteiger partial charge on any atom is -0.476 e. The maximum atomic E-state index is 13.5. The molecule has 0 spiro atoms. The van der Waals surface area contributed by atoms with Crippen molar-refractivity contribution >= 4 is 5.91 Å². The smallest absolute Gasteiger partial charge is 0.268 e. The Morgan fingerprint density at radius 3 is 2.42 bits per heavy atom. The van der Waals surface area contributed by atoms with E-state index in [4.69, 9.17) is 10.5 Å². The largest absolute Gasteiger partial charge is 0.476 e. The van der Waals surface area contributed by atoms with Crippen molar-refractivity contribution < 1.29 is 18.3 Å². The molecule has 0 aliphatic carbocycles. The van der Waals surface area contributed by atoms with Gasteiger partial charge in [-0.05, 0) is 37.4 Å². The summed E-state index contributed by atoms with van der Waals surface area (Å²) >= 11 is 0. The molecule has 1 fully saturated rings. The van der Waals surface area contributed by atoms with E-state index in [1.165, 1.54) is 6.07 Å². The number of nitrogens with two attached hydrogens (primary N) is 1. The van der Waals surface area contributed by atoms with Gasteiger partial charge in [0.1, 0.15) is 5.75 Å². The van der Waals surface area contributed by atoms with Gasteiger partial charge in [0.25, 0.3) is 5.91 Å². The third kappa shape index (κ3) is 4.19. The van der Waals surface area contributed by atoms with E-state index in [-0.39, 0.29) is 11.7 Å². The van der Waals surface area contributed by atoms with Gasteiger partial charge < -0.3 is 15.4 Å². The molecule has 3 rings (SSSR count). The van der Waals surface area contributed by atoms with Crippen LogP contribution in [0.2, 0.25) is 0 Å². The summed E-state index contributed by atoms with van der Waals surface area (Å²) in [7, 11) is 0. The second-order valence-corrected chi connectivity index (χ2v) is 6.49. The molecule has 4 nitrogen and oxygen atoms in total. The van der Waals surface area contributed by atoms with Gasteiger partial charge in [0.2, 0.25) is 6.10 Å². The Kier molecular flexibility index (Phi) is 5.83. The Labute approximate surface area is 151 Å². The summed E-state index contributed by atoms with van der Waals surface area (Å²) in [4.78, 5) is 14.8. The van der Waals surface area contributed by atoms with Crippen LogP contribution in [0.15, 0.2) is 48.5 Å². The second-order valence-electron chi connectivity index (χ2n) is 6.49. The molecule has 1 aliphatic heterocycles. The fourth-order valence-electron chi connectivity index (χ4n) is 3.13. The Balaban J connectivity index is 1.81. The number of hydrogen-bond acceptors (Lipinski definition) is 3. The quantitative estimate of drug-likeness (QED) is 0.890. The second kappa shape index (κ2) is 8.27. The first-order valence-corrected chi connectivity index (χ1v) is 8.74. The van der Waals surface area contributed by atoms with Crippen LogP contribution in [0.1, 0.15) is 24.5 Å². The van der Waals surface area contributed by atoms with Crippen LogP contribution in [0.3, 0.4) is 0 Å². The molecular formula is C20H22F2N2O2. The number of likely N-dealkylation sites (tertiary alicyclic amines) is 1. The summed E-state index contributed by atoms with van der Waals surface area (Å²) < 4.78 is 32.5. The highest BCUT2D eigenvalue weighted by atomic mass is 19.2. The van der Waals surface area contributed by atoms with Gasteiger partial charge in [0, 0.05) is 24.7 Å². The van der Waals surface area contributed by atoms with Gasteiger partial charge in [-0.25, -0.2) is 8.78 Å². The Bertz CT molecular complexity index is 747. The van der Waals surface area contributed by atoms with E-state index in [9.17, 15) is 13.6 Å². The molecule has 1 amide bonds. The number of hydrogen-bond donors (Lipinski definition) is 1. The number of carbonyl (C=O) groups is 1. The molecule has 138 valence electrons. The summed E-state index contributed by atoms with van der Waals surface area (Å²) in [6, 6.07) is 12.3. The monoisotopic (exact) mass is 360 g/mol. The van der Waals surface area contributed by atoms with Gasteiger partial charge in [-0.15, -0.1) is 0 Å². The van der Waals surface area contributed by atoms with Crippen LogP contribution in [0, 0.1) is 17.6 Å². The molecule has 2 N–H and O–H groups in total. The molecule has 0 bridgehead atoms. The first-order chi connectivity index (χ1) is 12.6. The van der Waals surface area contributed by atoms with E-state index in [1.807, 2.05) is 18.2 Å². The molecule has 1 saturated heterocycles. The van der Waals surface area contributed by atoms with Crippen molar-refractivity contribution in [2.45, 2.75) is 18.9 Å². The van der Waals surface area contributed by atoms with Crippen molar-refractivity contribution in [3.05, 3.63) is 65.7 Å². The summed E-state index contributed by atoms with van der Waals surface area (Å²) in [6.07, 6.45) is 0.805. The molecule has 1 atom stereocenters. The van der Waals surface area contributed by atoms with E-state index in [1.54, 1.807) is 17.0 Å². The van der Waals surface area contributed by atoms with E-state index in [2.05, 4.69) is 0 Å². The number of rotatable bonds is 5. The van der Waals surface area contributed by atoms with E-state index in [0.29, 0.717) is 31.1 Å². The topological polar surface area (TPSA) is 55.6 Å². The Morgan fingerprint density at radius 1 is 1.12 bits per heavy atom. The number of benzene rings is 2. The van der Waals surface area contributed by atoms with Crippen molar-refractivity contribution in [3.8, 4) is 5.75 Å². The molecule has 0 saturated carbocycles. The summed E-state index contributed by atoms with van der Waals surface area (Å²) in [6.45, 7) is 1.85. The van der Waals surface area contributed by atoms with Crippen molar-refractivity contribution in [1.29, 1.82) is 0 Å². The van der Waals surface area contributed by atoms with E-state index < -0.39 is 17.7 Å². The third-order valence-electron chi connectivity index (χ3n) is 4.73. The zero-order valence-corrected chi connectivity index (χ0v) is 14.4. The Hall–Kier alpha value is -2.47. The van der Waals surface area contributed by atoms with Gasteiger partial charge in [-0.1, -0.05) is 30.3 Å². The minimum atomic E-state index is -1.01. The third-order valence-corrected chi connectivity index (χ3v) is 4.73. The van der Waals surface area contributed by atoms with Crippen LogP contribution < -0.4 is 10.5 Å². The van der Waals surface area contributed by atoms with Crippen molar-refractivity contribution in [1.82, 2.24) is 4.90 Å². The van der Waals surface area contributed by atoms with Gasteiger partial charge in [-0.3, -0.25) is 4.79 Å². The number of ether oxygens (including phenoxy) is 1. The number of amides is 1. The average Bonchev–Trinajstić information content (AvgIpc) is 2.69. The molecule has 1 heterocycles. The lowest BCUT2D eigenvalue weighted by molar-refractivity contribution is -0.140. The molecule has 1 aliphatic rings. The SMILES string of the molecule is NCC1CCN(C(=O)C(Oc2ccc(F)c(F)c2)c2ccccc2)CC1. The number of carbonyl (C=O) groups excluding carboxylic acids is 1. The fourth-order valence-corrected chi connectivity index (χ4v) is 3.13. The lowest BCUT2D eigenvalue weighted by Gasteiger charge is -2.34. The number of piperidine rings is 1. The lowest BCUT2D eigenvalue weighted by Crippen LogP contribution is -2.43. The maximum absolute atomic E-state index is 13.5. The highest BCUT2D eigenvalue weighted by Gasteiger charge is 2.30. The molecule has 2 aromatic rings. The van der Waals surface area contributed by atoms with Crippen molar-refractivity contribution in [2.24, 2.45) is 11.7 Å². The Morgan fingerprint density at radius 2 is 1.81 bits per heavy atom. The number of nitrogens with zero attached hydrogens (tertiary/aromatic N) is 1. The fraction of sp³-hybridized carbons (Fsp3) is 0.350. The molecule has 6 heteroatoms. The first-order valence-electron chi connectivity index (χ1n) is 8.74. The molecule has 2 aromatic carbocycles. The first kappa shape index (κ1) is 18.3. The van der Waals surface area contributed by atoms with Crippen LogP contribution in [-0.2, 0) is 4.79 Å². The predicted molar refractivity (Wildman–Crippen MR) is 94.5 cm³/mol. The molecule has 0 aromatic heterocycles. The lowest BCUT2D eigenvalue weighted by atomic mass is 9.96. The zero-order valence-electron chi connectivity index (χ0n) is 14.4. The predicted octanol–water partition coefficient (Wildman–Crippen LogP) is 3.28. The van der Waals surface area contributed by atoms with Gasteiger partial charge >= 0.3 is 0 Å². The molecule has 26 heavy (non-hydrogen) atoms. The van der Waals surface area contributed by atoms with Crippen molar-refractivity contribution in [3.63, 3.8) is 0 Å². The molecule has 0 radical (unpaired) electrons. The minimum absolute atomic E-state index is 0.114. The highest BCUT2D eigenvalue weighted by Crippen LogP contribution is 2.27. The van der Waals surface area contributed by atoms with E-state index in [0.717, 1.165) is 25.0 Å². The summed E-state index contributed by atoms with van der Waals surface area (Å²) in [5.41, 5.74) is 6.38. The molecular weight excluding hydrogens is 338 g/mol. The van der Waals surface area contributed by atoms with Crippen LogP contribution in [0.4, 0.5) is 8.78 Å². The normalized spacial score (nSPS) is 16.3. The van der Waals surface area contributed by atoms with Crippen LogP contribution >= 0.6 is 0 Å².